The van der Waals surface area contributed by atoms with E-state index in [1.54, 1.807) is 24.3 Å². The molecule has 2 N–H and O–H groups in total. The molecule has 0 saturated carbocycles. The molecule has 146 valence electrons. The number of methoxy groups -OCH3 is 4. The quantitative estimate of drug-likeness (QED) is 0.655. The fourth-order valence-electron chi connectivity index (χ4n) is 3.00. The molecule has 3 aromatic carbocycles. The second-order valence-corrected chi connectivity index (χ2v) is 6.04. The van der Waals surface area contributed by atoms with E-state index in [0.717, 1.165) is 22.3 Å². The third-order valence-electron chi connectivity index (χ3n) is 4.49. The van der Waals surface area contributed by atoms with Gasteiger partial charge in [-0.15, -0.1) is 0 Å². The maximum absolute atomic E-state index is 10.1. The molecule has 0 spiro atoms. The van der Waals surface area contributed by atoms with Crippen LogP contribution in [0.4, 0.5) is 0 Å². The van der Waals surface area contributed by atoms with Crippen LogP contribution in [0.25, 0.3) is 22.3 Å². The minimum atomic E-state index is -0.0436. The number of phenols is 2. The van der Waals surface area contributed by atoms with Gasteiger partial charge in [0.1, 0.15) is 0 Å². The number of ether oxygens (including phenoxy) is 4. The molecule has 0 radical (unpaired) electrons. The van der Waals surface area contributed by atoms with Gasteiger partial charge in [-0.25, -0.2) is 0 Å². The van der Waals surface area contributed by atoms with E-state index in [9.17, 15) is 10.2 Å². The Balaban J connectivity index is 2.12. The Morgan fingerprint density at radius 3 is 1.11 bits per heavy atom. The van der Waals surface area contributed by atoms with Crippen molar-refractivity contribution in [2.24, 2.45) is 0 Å². The van der Waals surface area contributed by atoms with E-state index in [1.165, 1.54) is 28.4 Å². The van der Waals surface area contributed by atoms with E-state index in [0.29, 0.717) is 23.0 Å². The van der Waals surface area contributed by atoms with Gasteiger partial charge in [0.15, 0.2) is 23.0 Å². The van der Waals surface area contributed by atoms with Crippen LogP contribution in [0.15, 0.2) is 48.5 Å². The number of hydrogen-bond acceptors (Lipinski definition) is 6. The first-order chi connectivity index (χ1) is 13.5. The Bertz CT molecular complexity index is 869. The number of hydrogen-bond donors (Lipinski definition) is 2. The fraction of sp³-hybridized carbons (Fsp3) is 0.182. The second-order valence-electron chi connectivity index (χ2n) is 6.04. The molecule has 28 heavy (non-hydrogen) atoms. The molecule has 3 rings (SSSR count). The molecule has 0 aliphatic carbocycles. The summed E-state index contributed by atoms with van der Waals surface area (Å²) in [5, 5.41) is 20.3. The molecule has 3 aromatic rings. The Labute approximate surface area is 163 Å². The Morgan fingerprint density at radius 1 is 0.500 bits per heavy atom. The molecule has 0 amide bonds. The highest BCUT2D eigenvalue weighted by molar-refractivity contribution is 5.78. The van der Waals surface area contributed by atoms with Crippen molar-refractivity contribution in [3.63, 3.8) is 0 Å². The van der Waals surface area contributed by atoms with Gasteiger partial charge in [0.2, 0.25) is 11.5 Å². The van der Waals surface area contributed by atoms with Gasteiger partial charge in [-0.2, -0.15) is 0 Å². The zero-order valence-corrected chi connectivity index (χ0v) is 16.1. The number of aromatic hydroxyl groups is 2. The Morgan fingerprint density at radius 2 is 0.821 bits per heavy atom. The summed E-state index contributed by atoms with van der Waals surface area (Å²) >= 11 is 0. The highest BCUT2D eigenvalue weighted by atomic mass is 16.5. The molecule has 0 heterocycles. The molecule has 0 atom stereocenters. The zero-order chi connectivity index (χ0) is 20.3. The van der Waals surface area contributed by atoms with E-state index < -0.39 is 0 Å². The van der Waals surface area contributed by atoms with E-state index in [2.05, 4.69) is 0 Å². The Kier molecular flexibility index (Phi) is 5.49. The lowest BCUT2D eigenvalue weighted by Crippen LogP contribution is -1.92. The minimum Gasteiger partial charge on any atom is -0.502 e. The van der Waals surface area contributed by atoms with Gasteiger partial charge in [0.25, 0.3) is 0 Å². The first-order valence-electron chi connectivity index (χ1n) is 8.53. The van der Waals surface area contributed by atoms with Crippen molar-refractivity contribution in [3.05, 3.63) is 48.5 Å². The first kappa shape index (κ1) is 19.2. The molecule has 6 nitrogen and oxygen atoms in total. The largest absolute Gasteiger partial charge is 0.502 e. The van der Waals surface area contributed by atoms with Crippen LogP contribution in [0.1, 0.15) is 0 Å². The monoisotopic (exact) mass is 382 g/mol. The second kappa shape index (κ2) is 8.00. The Hall–Kier alpha value is -3.54. The molecule has 0 aliphatic heterocycles. The summed E-state index contributed by atoms with van der Waals surface area (Å²) in [6.07, 6.45) is 0. The van der Waals surface area contributed by atoms with E-state index in [4.69, 9.17) is 18.9 Å². The van der Waals surface area contributed by atoms with Crippen LogP contribution >= 0.6 is 0 Å². The molecule has 0 saturated heterocycles. The maximum Gasteiger partial charge on any atom is 0.200 e. The lowest BCUT2D eigenvalue weighted by molar-refractivity contribution is 0.340. The number of phenolic OH excluding ortho intramolecular Hbond substituents is 2. The van der Waals surface area contributed by atoms with E-state index in [-0.39, 0.29) is 11.5 Å². The van der Waals surface area contributed by atoms with Gasteiger partial charge in [-0.3, -0.25) is 0 Å². The van der Waals surface area contributed by atoms with Crippen molar-refractivity contribution in [3.8, 4) is 56.8 Å². The van der Waals surface area contributed by atoms with Gasteiger partial charge in [0.05, 0.1) is 28.4 Å². The predicted octanol–water partition coefficient (Wildman–Crippen LogP) is 4.47. The molecule has 0 aromatic heterocycles. The third kappa shape index (κ3) is 3.49. The van der Waals surface area contributed by atoms with Crippen LogP contribution in [0.3, 0.4) is 0 Å². The van der Waals surface area contributed by atoms with Crippen LogP contribution in [-0.4, -0.2) is 38.7 Å². The van der Waals surface area contributed by atoms with Gasteiger partial charge >= 0.3 is 0 Å². The smallest absolute Gasteiger partial charge is 0.200 e. The fourth-order valence-corrected chi connectivity index (χ4v) is 3.00. The van der Waals surface area contributed by atoms with Crippen LogP contribution in [0.5, 0.6) is 34.5 Å². The molecule has 6 heteroatoms. The van der Waals surface area contributed by atoms with Crippen LogP contribution in [0, 0.1) is 0 Å². The van der Waals surface area contributed by atoms with Crippen molar-refractivity contribution in [2.75, 3.05) is 28.4 Å². The molecular weight excluding hydrogens is 360 g/mol. The SMILES string of the molecule is COc1cc(-c2cccc(-c3cc(OC)c(O)c(OC)c3)c2)cc(OC)c1O. The summed E-state index contributed by atoms with van der Waals surface area (Å²) in [7, 11) is 5.96. The molecule has 0 aliphatic rings. The lowest BCUT2D eigenvalue weighted by atomic mass is 9.98. The summed E-state index contributed by atoms with van der Waals surface area (Å²) in [4.78, 5) is 0. The summed E-state index contributed by atoms with van der Waals surface area (Å²) in [5.74, 6) is 1.22. The first-order valence-corrected chi connectivity index (χ1v) is 8.53. The highest BCUT2D eigenvalue weighted by Crippen LogP contribution is 2.43. The van der Waals surface area contributed by atoms with Gasteiger partial charge in [-0.05, 0) is 52.6 Å². The molecule has 0 fully saturated rings. The zero-order valence-electron chi connectivity index (χ0n) is 16.1. The molecule has 0 bridgehead atoms. The van der Waals surface area contributed by atoms with Crippen molar-refractivity contribution in [1.82, 2.24) is 0 Å². The summed E-state index contributed by atoms with van der Waals surface area (Å²) in [6.45, 7) is 0. The third-order valence-corrected chi connectivity index (χ3v) is 4.49. The van der Waals surface area contributed by atoms with Crippen molar-refractivity contribution in [1.29, 1.82) is 0 Å². The summed E-state index contributed by atoms with van der Waals surface area (Å²) < 4.78 is 21.0. The van der Waals surface area contributed by atoms with Gasteiger partial charge in [-0.1, -0.05) is 18.2 Å². The summed E-state index contributed by atoms with van der Waals surface area (Å²) in [6, 6.07) is 14.8. The van der Waals surface area contributed by atoms with Crippen molar-refractivity contribution < 1.29 is 29.2 Å². The lowest BCUT2D eigenvalue weighted by Gasteiger charge is -2.14. The average molecular weight is 382 g/mol. The topological polar surface area (TPSA) is 77.4 Å². The number of rotatable bonds is 6. The normalized spacial score (nSPS) is 10.4. The van der Waals surface area contributed by atoms with Crippen molar-refractivity contribution in [2.45, 2.75) is 0 Å². The van der Waals surface area contributed by atoms with Gasteiger partial charge < -0.3 is 29.2 Å². The van der Waals surface area contributed by atoms with Gasteiger partial charge in [0, 0.05) is 0 Å². The molecule has 0 unspecified atom stereocenters. The van der Waals surface area contributed by atoms with E-state index in [1.807, 2.05) is 24.3 Å². The van der Waals surface area contributed by atoms with Crippen LogP contribution < -0.4 is 18.9 Å². The number of benzene rings is 3. The van der Waals surface area contributed by atoms with Crippen LogP contribution in [-0.2, 0) is 0 Å². The standard InChI is InChI=1S/C22H22O6/c1-25-17-9-15(10-18(26-2)21(17)23)13-6-5-7-14(8-13)16-11-19(27-3)22(24)20(12-16)28-4/h5-12,23-24H,1-4H3. The van der Waals surface area contributed by atoms with Crippen molar-refractivity contribution >= 4 is 0 Å². The minimum absolute atomic E-state index is 0.0436. The predicted molar refractivity (Wildman–Crippen MR) is 107 cm³/mol. The van der Waals surface area contributed by atoms with E-state index >= 15 is 0 Å². The summed E-state index contributed by atoms with van der Waals surface area (Å²) in [5.41, 5.74) is 3.46. The molecular formula is C22H22O6. The maximum atomic E-state index is 10.1. The average Bonchev–Trinajstić information content (AvgIpc) is 2.74. The highest BCUT2D eigenvalue weighted by Gasteiger charge is 2.15. The van der Waals surface area contributed by atoms with Crippen LogP contribution in [0.2, 0.25) is 0 Å².